The van der Waals surface area contributed by atoms with E-state index in [1.54, 1.807) is 0 Å². The standard InChI is InChI=1S/C10H9F3O3/c1-15-8-4-7(10(11,12)13)3-6(5-14)9(8)16-2/h3-5H,1-2H3. The van der Waals surface area contributed by atoms with Crippen molar-refractivity contribution in [3.63, 3.8) is 0 Å². The van der Waals surface area contributed by atoms with E-state index in [2.05, 4.69) is 0 Å². The zero-order valence-electron chi connectivity index (χ0n) is 8.59. The van der Waals surface area contributed by atoms with Gasteiger partial charge in [0.05, 0.1) is 25.3 Å². The summed E-state index contributed by atoms with van der Waals surface area (Å²) < 4.78 is 46.9. The second kappa shape index (κ2) is 4.42. The molecule has 0 atom stereocenters. The fourth-order valence-electron chi connectivity index (χ4n) is 1.25. The molecule has 6 heteroatoms. The number of hydrogen-bond acceptors (Lipinski definition) is 3. The molecular weight excluding hydrogens is 225 g/mol. The maximum atomic E-state index is 12.4. The summed E-state index contributed by atoms with van der Waals surface area (Å²) in [6.45, 7) is 0. The molecule has 0 aliphatic heterocycles. The number of carbonyl (C=O) groups excluding carboxylic acids is 1. The van der Waals surface area contributed by atoms with E-state index in [0.29, 0.717) is 6.07 Å². The van der Waals surface area contributed by atoms with Crippen LogP contribution in [0.4, 0.5) is 13.2 Å². The lowest BCUT2D eigenvalue weighted by atomic mass is 10.1. The Labute approximate surface area is 89.8 Å². The zero-order valence-corrected chi connectivity index (χ0v) is 8.59. The molecule has 88 valence electrons. The Morgan fingerprint density at radius 1 is 1.19 bits per heavy atom. The van der Waals surface area contributed by atoms with Crippen molar-refractivity contribution in [1.82, 2.24) is 0 Å². The Bertz CT molecular complexity index is 399. The molecule has 1 rings (SSSR count). The minimum Gasteiger partial charge on any atom is -0.493 e. The Morgan fingerprint density at radius 2 is 1.81 bits per heavy atom. The van der Waals surface area contributed by atoms with Gasteiger partial charge in [-0.3, -0.25) is 4.79 Å². The Balaban J connectivity index is 3.43. The number of halogens is 3. The van der Waals surface area contributed by atoms with Crippen LogP contribution >= 0.6 is 0 Å². The zero-order chi connectivity index (χ0) is 12.3. The summed E-state index contributed by atoms with van der Waals surface area (Å²) in [7, 11) is 2.45. The van der Waals surface area contributed by atoms with Gasteiger partial charge in [0, 0.05) is 0 Å². The predicted molar refractivity (Wildman–Crippen MR) is 49.9 cm³/mol. The topological polar surface area (TPSA) is 35.5 Å². The number of hydrogen-bond donors (Lipinski definition) is 0. The van der Waals surface area contributed by atoms with Crippen molar-refractivity contribution in [2.45, 2.75) is 6.18 Å². The van der Waals surface area contributed by atoms with Gasteiger partial charge in [0.15, 0.2) is 17.8 Å². The molecule has 0 aliphatic carbocycles. The van der Waals surface area contributed by atoms with E-state index >= 15 is 0 Å². The minimum atomic E-state index is -4.53. The van der Waals surface area contributed by atoms with Gasteiger partial charge >= 0.3 is 6.18 Å². The van der Waals surface area contributed by atoms with Gasteiger partial charge in [-0.2, -0.15) is 13.2 Å². The van der Waals surface area contributed by atoms with Gasteiger partial charge in [-0.15, -0.1) is 0 Å². The van der Waals surface area contributed by atoms with Gasteiger partial charge in [-0.05, 0) is 12.1 Å². The van der Waals surface area contributed by atoms with Crippen LogP contribution in [0.2, 0.25) is 0 Å². The number of methoxy groups -OCH3 is 2. The Kier molecular flexibility index (Phi) is 3.41. The highest BCUT2D eigenvalue weighted by Crippen LogP contribution is 2.38. The minimum absolute atomic E-state index is 0.00880. The van der Waals surface area contributed by atoms with Gasteiger partial charge in [-0.1, -0.05) is 0 Å². The number of carbonyl (C=O) groups is 1. The summed E-state index contributed by atoms with van der Waals surface area (Å²) >= 11 is 0. The van der Waals surface area contributed by atoms with Gasteiger partial charge in [0.25, 0.3) is 0 Å². The molecule has 0 radical (unpaired) electrons. The summed E-state index contributed by atoms with van der Waals surface area (Å²) in [6, 6.07) is 1.50. The van der Waals surface area contributed by atoms with E-state index in [1.165, 1.54) is 14.2 Å². The second-order valence-electron chi connectivity index (χ2n) is 2.92. The van der Waals surface area contributed by atoms with Crippen LogP contribution in [0.15, 0.2) is 12.1 Å². The number of alkyl halides is 3. The van der Waals surface area contributed by atoms with Gasteiger partial charge in [0.2, 0.25) is 0 Å². The van der Waals surface area contributed by atoms with E-state index in [1.807, 2.05) is 0 Å². The molecule has 0 amide bonds. The van der Waals surface area contributed by atoms with E-state index in [-0.39, 0.29) is 23.3 Å². The molecule has 0 N–H and O–H groups in total. The van der Waals surface area contributed by atoms with Crippen LogP contribution in [0.5, 0.6) is 11.5 Å². The van der Waals surface area contributed by atoms with Crippen molar-refractivity contribution in [1.29, 1.82) is 0 Å². The summed E-state index contributed by atoms with van der Waals surface area (Å²) in [5, 5.41) is 0. The van der Waals surface area contributed by atoms with E-state index < -0.39 is 11.7 Å². The Morgan fingerprint density at radius 3 is 2.19 bits per heavy atom. The first-order chi connectivity index (χ1) is 7.43. The van der Waals surface area contributed by atoms with Crippen LogP contribution in [0, 0.1) is 0 Å². The number of aldehydes is 1. The normalized spacial score (nSPS) is 11.1. The highest BCUT2D eigenvalue weighted by Gasteiger charge is 2.32. The third-order valence-electron chi connectivity index (χ3n) is 1.96. The molecule has 0 saturated heterocycles. The van der Waals surface area contributed by atoms with Crippen LogP contribution in [0.25, 0.3) is 0 Å². The van der Waals surface area contributed by atoms with Gasteiger partial charge < -0.3 is 9.47 Å². The molecule has 0 unspecified atom stereocenters. The fraction of sp³-hybridized carbons (Fsp3) is 0.300. The quantitative estimate of drug-likeness (QED) is 0.754. The van der Waals surface area contributed by atoms with Crippen LogP contribution in [0.3, 0.4) is 0 Å². The lowest BCUT2D eigenvalue weighted by Gasteiger charge is -2.13. The molecule has 0 aromatic heterocycles. The first-order valence-electron chi connectivity index (χ1n) is 4.22. The smallest absolute Gasteiger partial charge is 0.416 e. The highest BCUT2D eigenvalue weighted by atomic mass is 19.4. The Hall–Kier alpha value is -1.72. The van der Waals surface area contributed by atoms with Crippen molar-refractivity contribution in [2.75, 3.05) is 14.2 Å². The lowest BCUT2D eigenvalue weighted by Crippen LogP contribution is -2.07. The predicted octanol–water partition coefficient (Wildman–Crippen LogP) is 2.54. The van der Waals surface area contributed by atoms with Crippen molar-refractivity contribution >= 4 is 6.29 Å². The molecule has 1 aromatic rings. The van der Waals surface area contributed by atoms with Crippen LogP contribution in [-0.4, -0.2) is 20.5 Å². The largest absolute Gasteiger partial charge is 0.493 e. The van der Waals surface area contributed by atoms with Gasteiger partial charge in [-0.25, -0.2) is 0 Å². The molecule has 1 aromatic carbocycles. The first kappa shape index (κ1) is 12.4. The average Bonchev–Trinajstić information content (AvgIpc) is 2.25. The molecule has 16 heavy (non-hydrogen) atoms. The van der Waals surface area contributed by atoms with Crippen molar-refractivity contribution in [3.8, 4) is 11.5 Å². The number of rotatable bonds is 3. The van der Waals surface area contributed by atoms with Crippen molar-refractivity contribution < 1.29 is 27.4 Å². The van der Waals surface area contributed by atoms with Crippen LogP contribution < -0.4 is 9.47 Å². The van der Waals surface area contributed by atoms with E-state index in [4.69, 9.17) is 9.47 Å². The van der Waals surface area contributed by atoms with Crippen LogP contribution in [0.1, 0.15) is 15.9 Å². The SMILES string of the molecule is COc1cc(C(F)(F)F)cc(C=O)c1OC. The molecule has 3 nitrogen and oxygen atoms in total. The molecular formula is C10H9F3O3. The van der Waals surface area contributed by atoms with Gasteiger partial charge in [0.1, 0.15) is 0 Å². The molecule has 0 bridgehead atoms. The molecule has 0 spiro atoms. The lowest BCUT2D eigenvalue weighted by molar-refractivity contribution is -0.137. The fourth-order valence-corrected chi connectivity index (χ4v) is 1.25. The third-order valence-corrected chi connectivity index (χ3v) is 1.96. The van der Waals surface area contributed by atoms with E-state index in [9.17, 15) is 18.0 Å². The number of ether oxygens (including phenoxy) is 2. The van der Waals surface area contributed by atoms with Crippen molar-refractivity contribution in [3.05, 3.63) is 23.3 Å². The summed E-state index contributed by atoms with van der Waals surface area (Å²) in [5.41, 5.74) is -1.15. The maximum Gasteiger partial charge on any atom is 0.416 e. The third kappa shape index (κ3) is 2.26. The summed E-state index contributed by atoms with van der Waals surface area (Å²) in [6.07, 6.45) is -4.24. The summed E-state index contributed by atoms with van der Waals surface area (Å²) in [5.74, 6) is -0.134. The molecule has 0 saturated carbocycles. The molecule has 0 aliphatic rings. The number of benzene rings is 1. The van der Waals surface area contributed by atoms with Crippen LogP contribution in [-0.2, 0) is 6.18 Å². The first-order valence-corrected chi connectivity index (χ1v) is 4.22. The summed E-state index contributed by atoms with van der Waals surface area (Å²) in [4.78, 5) is 10.6. The molecule has 0 fully saturated rings. The van der Waals surface area contributed by atoms with E-state index in [0.717, 1.165) is 6.07 Å². The molecule has 0 heterocycles. The maximum absolute atomic E-state index is 12.4. The average molecular weight is 234 g/mol. The monoisotopic (exact) mass is 234 g/mol. The highest BCUT2D eigenvalue weighted by molar-refractivity contribution is 5.81. The van der Waals surface area contributed by atoms with Crippen molar-refractivity contribution in [2.24, 2.45) is 0 Å². The second-order valence-corrected chi connectivity index (χ2v) is 2.92.